The van der Waals surface area contributed by atoms with E-state index in [9.17, 15) is 4.79 Å². The Bertz CT molecular complexity index is 309. The molecule has 0 amide bonds. The number of carboxylic acids is 1. The Morgan fingerprint density at radius 1 is 1.56 bits per heavy atom. The van der Waals surface area contributed by atoms with Crippen LogP contribution in [0.4, 0.5) is 0 Å². The number of carbonyl (C=O) groups is 1. The van der Waals surface area contributed by atoms with Crippen LogP contribution < -0.4 is 5.32 Å². The first-order valence-corrected chi connectivity index (χ1v) is 5.51. The molecule has 1 atom stereocenters. The zero-order valence-corrected chi connectivity index (χ0v) is 9.76. The summed E-state index contributed by atoms with van der Waals surface area (Å²) in [7, 11) is 0. The van der Waals surface area contributed by atoms with Crippen molar-refractivity contribution in [2.75, 3.05) is 6.54 Å². The van der Waals surface area contributed by atoms with Crippen LogP contribution >= 0.6 is 0 Å². The third kappa shape index (κ3) is 4.44. The van der Waals surface area contributed by atoms with E-state index in [2.05, 4.69) is 10.3 Å². The average Bonchev–Trinajstić information content (AvgIpc) is 2.68. The number of rotatable bonds is 7. The third-order valence-electron chi connectivity index (χ3n) is 2.33. The minimum atomic E-state index is -0.778. The van der Waals surface area contributed by atoms with Gasteiger partial charge in [0.15, 0.2) is 0 Å². The molecule has 0 fully saturated rings. The van der Waals surface area contributed by atoms with Crippen LogP contribution in [-0.4, -0.2) is 33.2 Å². The smallest absolute Gasteiger partial charge is 0.320 e. The maximum atomic E-state index is 10.9. The molecule has 0 spiro atoms. The molecular formula is C11H19N3O2. The molecule has 1 heterocycles. The first-order valence-electron chi connectivity index (χ1n) is 5.51. The van der Waals surface area contributed by atoms with Crippen LogP contribution in [0.5, 0.6) is 0 Å². The Hall–Kier alpha value is -1.36. The number of nitrogens with one attached hydrogen (secondary N) is 1. The molecular weight excluding hydrogens is 206 g/mol. The molecule has 0 saturated carbocycles. The summed E-state index contributed by atoms with van der Waals surface area (Å²) < 4.78 is 1.92. The zero-order chi connectivity index (χ0) is 12.0. The van der Waals surface area contributed by atoms with E-state index < -0.39 is 12.0 Å². The minimum absolute atomic E-state index is 0.377. The van der Waals surface area contributed by atoms with Gasteiger partial charge in [-0.2, -0.15) is 0 Å². The standard InChI is InChI=1S/C11H19N3O2/c1-9(2)7-10(11(15)16)13-4-6-14-5-3-12-8-14/h3,5,8-10,13H,4,6-7H2,1-2H3,(H,15,16). The molecule has 1 aromatic heterocycles. The van der Waals surface area contributed by atoms with Gasteiger partial charge in [0.25, 0.3) is 0 Å². The summed E-state index contributed by atoms with van der Waals surface area (Å²) in [6.07, 6.45) is 5.95. The number of hydrogen-bond acceptors (Lipinski definition) is 3. The number of aliphatic carboxylic acids is 1. The van der Waals surface area contributed by atoms with E-state index >= 15 is 0 Å². The van der Waals surface area contributed by atoms with Crippen molar-refractivity contribution >= 4 is 5.97 Å². The minimum Gasteiger partial charge on any atom is -0.480 e. The van der Waals surface area contributed by atoms with Gasteiger partial charge in [0.2, 0.25) is 0 Å². The number of hydrogen-bond donors (Lipinski definition) is 2. The SMILES string of the molecule is CC(C)CC(NCCn1ccnc1)C(=O)O. The van der Waals surface area contributed by atoms with Crippen LogP contribution in [0.1, 0.15) is 20.3 Å². The van der Waals surface area contributed by atoms with Crippen molar-refractivity contribution in [1.29, 1.82) is 0 Å². The summed E-state index contributed by atoms with van der Waals surface area (Å²) in [5.74, 6) is -0.402. The lowest BCUT2D eigenvalue weighted by Crippen LogP contribution is -2.39. The van der Waals surface area contributed by atoms with E-state index in [1.807, 2.05) is 24.6 Å². The van der Waals surface area contributed by atoms with Crippen molar-refractivity contribution in [3.63, 3.8) is 0 Å². The Morgan fingerprint density at radius 3 is 2.81 bits per heavy atom. The van der Waals surface area contributed by atoms with Gasteiger partial charge in [-0.05, 0) is 12.3 Å². The Morgan fingerprint density at radius 2 is 2.31 bits per heavy atom. The molecule has 1 rings (SSSR count). The molecule has 0 bridgehead atoms. The van der Waals surface area contributed by atoms with Gasteiger partial charge in [0, 0.05) is 25.5 Å². The Kier molecular flexibility index (Phi) is 4.98. The van der Waals surface area contributed by atoms with Gasteiger partial charge >= 0.3 is 5.97 Å². The molecule has 1 unspecified atom stereocenters. The van der Waals surface area contributed by atoms with Gasteiger partial charge in [-0.15, -0.1) is 0 Å². The van der Waals surface area contributed by atoms with Gasteiger partial charge in [-0.25, -0.2) is 4.98 Å². The third-order valence-corrected chi connectivity index (χ3v) is 2.33. The lowest BCUT2D eigenvalue weighted by atomic mass is 10.0. The maximum Gasteiger partial charge on any atom is 0.320 e. The lowest BCUT2D eigenvalue weighted by Gasteiger charge is -2.16. The fraction of sp³-hybridized carbons (Fsp3) is 0.636. The molecule has 0 aliphatic rings. The van der Waals surface area contributed by atoms with Crippen molar-refractivity contribution in [1.82, 2.24) is 14.9 Å². The second-order valence-corrected chi connectivity index (χ2v) is 4.28. The molecule has 0 radical (unpaired) electrons. The van der Waals surface area contributed by atoms with E-state index in [1.165, 1.54) is 0 Å². The van der Waals surface area contributed by atoms with Crippen LogP contribution in [0.25, 0.3) is 0 Å². The van der Waals surface area contributed by atoms with E-state index in [-0.39, 0.29) is 0 Å². The van der Waals surface area contributed by atoms with E-state index in [1.54, 1.807) is 12.5 Å². The molecule has 16 heavy (non-hydrogen) atoms. The highest BCUT2D eigenvalue weighted by molar-refractivity contribution is 5.73. The average molecular weight is 225 g/mol. The summed E-state index contributed by atoms with van der Waals surface area (Å²) in [5, 5.41) is 12.0. The first kappa shape index (κ1) is 12.7. The predicted octanol–water partition coefficient (Wildman–Crippen LogP) is 0.972. The van der Waals surface area contributed by atoms with Gasteiger partial charge in [0.1, 0.15) is 6.04 Å². The van der Waals surface area contributed by atoms with Gasteiger partial charge in [-0.3, -0.25) is 4.79 Å². The summed E-state index contributed by atoms with van der Waals surface area (Å²) in [6.45, 7) is 5.42. The monoisotopic (exact) mass is 225 g/mol. The highest BCUT2D eigenvalue weighted by atomic mass is 16.4. The van der Waals surface area contributed by atoms with Gasteiger partial charge < -0.3 is 15.0 Å². The lowest BCUT2D eigenvalue weighted by molar-refractivity contribution is -0.139. The summed E-state index contributed by atoms with van der Waals surface area (Å²) in [4.78, 5) is 14.9. The van der Waals surface area contributed by atoms with Gasteiger partial charge in [-0.1, -0.05) is 13.8 Å². The molecule has 2 N–H and O–H groups in total. The fourth-order valence-corrected chi connectivity index (χ4v) is 1.53. The van der Waals surface area contributed by atoms with Crippen molar-refractivity contribution in [3.8, 4) is 0 Å². The quantitative estimate of drug-likeness (QED) is 0.725. The number of nitrogens with zero attached hydrogens (tertiary/aromatic N) is 2. The largest absolute Gasteiger partial charge is 0.480 e. The summed E-state index contributed by atoms with van der Waals surface area (Å²) in [5.41, 5.74) is 0. The molecule has 5 nitrogen and oxygen atoms in total. The molecule has 90 valence electrons. The summed E-state index contributed by atoms with van der Waals surface area (Å²) >= 11 is 0. The topological polar surface area (TPSA) is 67.2 Å². The molecule has 0 aliphatic carbocycles. The zero-order valence-electron chi connectivity index (χ0n) is 9.76. The molecule has 5 heteroatoms. The van der Waals surface area contributed by atoms with Crippen LogP contribution in [0.3, 0.4) is 0 Å². The van der Waals surface area contributed by atoms with E-state index in [0.717, 1.165) is 6.54 Å². The Labute approximate surface area is 95.5 Å². The molecule has 1 aromatic rings. The first-order chi connectivity index (χ1) is 7.59. The van der Waals surface area contributed by atoms with Crippen molar-refractivity contribution < 1.29 is 9.90 Å². The van der Waals surface area contributed by atoms with Crippen LogP contribution in [0.2, 0.25) is 0 Å². The number of imidazole rings is 1. The number of aromatic nitrogens is 2. The molecule has 0 aromatic carbocycles. The highest BCUT2D eigenvalue weighted by Crippen LogP contribution is 2.04. The second kappa shape index (κ2) is 6.27. The van der Waals surface area contributed by atoms with Crippen LogP contribution in [-0.2, 0) is 11.3 Å². The number of carboxylic acid groups (broad SMARTS) is 1. The van der Waals surface area contributed by atoms with E-state index in [0.29, 0.717) is 18.9 Å². The van der Waals surface area contributed by atoms with Crippen molar-refractivity contribution in [2.45, 2.75) is 32.9 Å². The summed E-state index contributed by atoms with van der Waals surface area (Å²) in [6, 6.07) is -0.455. The molecule has 0 aliphatic heterocycles. The van der Waals surface area contributed by atoms with E-state index in [4.69, 9.17) is 5.11 Å². The predicted molar refractivity (Wildman–Crippen MR) is 61.1 cm³/mol. The molecule has 0 saturated heterocycles. The van der Waals surface area contributed by atoms with Crippen molar-refractivity contribution in [2.24, 2.45) is 5.92 Å². The normalized spacial score (nSPS) is 12.9. The fourth-order valence-electron chi connectivity index (χ4n) is 1.53. The van der Waals surface area contributed by atoms with Crippen molar-refractivity contribution in [3.05, 3.63) is 18.7 Å². The second-order valence-electron chi connectivity index (χ2n) is 4.28. The highest BCUT2D eigenvalue weighted by Gasteiger charge is 2.17. The van der Waals surface area contributed by atoms with Crippen LogP contribution in [0.15, 0.2) is 18.7 Å². The van der Waals surface area contributed by atoms with Crippen LogP contribution in [0, 0.1) is 5.92 Å². The van der Waals surface area contributed by atoms with Gasteiger partial charge in [0.05, 0.1) is 6.33 Å². The maximum absolute atomic E-state index is 10.9. The Balaban J connectivity index is 2.30.